The maximum absolute atomic E-state index is 12.5. The minimum absolute atomic E-state index is 0.0113. The smallest absolute Gasteiger partial charge is 0.229 e. The lowest BCUT2D eigenvalue weighted by molar-refractivity contribution is -0.121. The summed E-state index contributed by atoms with van der Waals surface area (Å²) < 4.78 is 6.63. The maximum Gasteiger partial charge on any atom is 0.229 e. The van der Waals surface area contributed by atoms with Crippen LogP contribution in [-0.4, -0.2) is 42.0 Å². The molecular formula is C20H21BrN4O2. The van der Waals surface area contributed by atoms with E-state index in [4.69, 9.17) is 10.00 Å². The van der Waals surface area contributed by atoms with Gasteiger partial charge in [-0.05, 0) is 65.6 Å². The molecule has 140 valence electrons. The standard InChI is InChI=1S/C20H21BrN4O2/c21-17-6-7-19(23-13-17)24-20(26)16-4-2-8-25(14-16)9-10-27-18-5-1-3-15(11-18)12-22/h1,3,5-7,11,13,16H,2,4,8-10,14H2,(H,23,24,26). The van der Waals surface area contributed by atoms with Crippen molar-refractivity contribution < 1.29 is 9.53 Å². The number of nitrogens with one attached hydrogen (secondary N) is 1. The van der Waals surface area contributed by atoms with E-state index >= 15 is 0 Å². The van der Waals surface area contributed by atoms with Gasteiger partial charge in [-0.15, -0.1) is 0 Å². The minimum atomic E-state index is -0.0499. The molecule has 0 spiro atoms. The Hall–Kier alpha value is -2.43. The Kier molecular flexibility index (Phi) is 6.80. The molecule has 1 amide bonds. The molecular weight excluding hydrogens is 408 g/mol. The van der Waals surface area contributed by atoms with Crippen molar-refractivity contribution in [2.45, 2.75) is 12.8 Å². The van der Waals surface area contributed by atoms with Gasteiger partial charge in [0.05, 0.1) is 17.6 Å². The van der Waals surface area contributed by atoms with Crippen molar-refractivity contribution in [3.05, 3.63) is 52.6 Å². The van der Waals surface area contributed by atoms with E-state index in [1.807, 2.05) is 18.2 Å². The molecule has 0 aliphatic carbocycles. The predicted octanol–water partition coefficient (Wildman–Crippen LogP) is 3.45. The van der Waals surface area contributed by atoms with Crippen molar-refractivity contribution in [1.82, 2.24) is 9.88 Å². The van der Waals surface area contributed by atoms with Crippen LogP contribution in [0.15, 0.2) is 47.1 Å². The van der Waals surface area contributed by atoms with Gasteiger partial charge in [0.2, 0.25) is 5.91 Å². The Morgan fingerprint density at radius 1 is 1.41 bits per heavy atom. The molecule has 1 aliphatic heterocycles. The molecule has 1 unspecified atom stereocenters. The van der Waals surface area contributed by atoms with Crippen LogP contribution in [0, 0.1) is 17.2 Å². The van der Waals surface area contributed by atoms with Crippen LogP contribution < -0.4 is 10.1 Å². The number of pyridine rings is 1. The van der Waals surface area contributed by atoms with Crippen LogP contribution in [0.4, 0.5) is 5.82 Å². The second-order valence-corrected chi connectivity index (χ2v) is 7.39. The summed E-state index contributed by atoms with van der Waals surface area (Å²) >= 11 is 3.34. The van der Waals surface area contributed by atoms with Gasteiger partial charge in [-0.3, -0.25) is 9.69 Å². The van der Waals surface area contributed by atoms with E-state index in [0.717, 1.165) is 30.4 Å². The number of anilines is 1. The average Bonchev–Trinajstić information content (AvgIpc) is 2.70. The number of hydrogen-bond acceptors (Lipinski definition) is 5. The van der Waals surface area contributed by atoms with E-state index in [9.17, 15) is 4.79 Å². The third kappa shape index (κ3) is 5.78. The van der Waals surface area contributed by atoms with Gasteiger partial charge < -0.3 is 10.1 Å². The number of rotatable bonds is 6. The van der Waals surface area contributed by atoms with Gasteiger partial charge >= 0.3 is 0 Å². The Balaban J connectivity index is 1.46. The highest BCUT2D eigenvalue weighted by Gasteiger charge is 2.25. The third-order valence-electron chi connectivity index (χ3n) is 4.49. The van der Waals surface area contributed by atoms with Crippen molar-refractivity contribution in [1.29, 1.82) is 5.26 Å². The molecule has 0 saturated carbocycles. The van der Waals surface area contributed by atoms with Crippen LogP contribution in [0.5, 0.6) is 5.75 Å². The first-order chi connectivity index (χ1) is 13.1. The summed E-state index contributed by atoms with van der Waals surface area (Å²) in [4.78, 5) is 19.0. The Morgan fingerprint density at radius 3 is 3.07 bits per heavy atom. The van der Waals surface area contributed by atoms with Crippen LogP contribution in [-0.2, 0) is 4.79 Å². The van der Waals surface area contributed by atoms with Crippen molar-refractivity contribution >= 4 is 27.7 Å². The lowest BCUT2D eigenvalue weighted by Crippen LogP contribution is -2.42. The molecule has 6 nitrogen and oxygen atoms in total. The van der Waals surface area contributed by atoms with Gasteiger partial charge in [0.1, 0.15) is 18.2 Å². The molecule has 1 atom stereocenters. The first kappa shape index (κ1) is 19.3. The maximum atomic E-state index is 12.5. The van der Waals surface area contributed by atoms with Gasteiger partial charge in [0, 0.05) is 23.8 Å². The largest absolute Gasteiger partial charge is 0.492 e. The molecule has 0 bridgehead atoms. The number of ether oxygens (including phenoxy) is 1. The summed E-state index contributed by atoms with van der Waals surface area (Å²) in [6.45, 7) is 2.94. The first-order valence-electron chi connectivity index (χ1n) is 8.92. The number of halogens is 1. The Bertz CT molecular complexity index is 819. The molecule has 27 heavy (non-hydrogen) atoms. The van der Waals surface area contributed by atoms with Crippen LogP contribution in [0.1, 0.15) is 18.4 Å². The topological polar surface area (TPSA) is 78.2 Å². The third-order valence-corrected chi connectivity index (χ3v) is 4.96. The highest BCUT2D eigenvalue weighted by Crippen LogP contribution is 2.19. The number of carbonyl (C=O) groups is 1. The highest BCUT2D eigenvalue weighted by atomic mass is 79.9. The van der Waals surface area contributed by atoms with Gasteiger partial charge in [0.15, 0.2) is 0 Å². The van der Waals surface area contributed by atoms with Crippen LogP contribution >= 0.6 is 15.9 Å². The summed E-state index contributed by atoms with van der Waals surface area (Å²) in [6.07, 6.45) is 3.53. The summed E-state index contributed by atoms with van der Waals surface area (Å²) in [5.41, 5.74) is 0.587. The molecule has 1 N–H and O–H groups in total. The van der Waals surface area contributed by atoms with E-state index in [-0.39, 0.29) is 11.8 Å². The summed E-state index contributed by atoms with van der Waals surface area (Å²) in [5.74, 6) is 1.23. The van der Waals surface area contributed by atoms with Crippen molar-refractivity contribution in [3.8, 4) is 11.8 Å². The Morgan fingerprint density at radius 2 is 2.30 bits per heavy atom. The lowest BCUT2D eigenvalue weighted by atomic mass is 9.97. The predicted molar refractivity (Wildman–Crippen MR) is 106 cm³/mol. The molecule has 0 radical (unpaired) electrons. The van der Waals surface area contributed by atoms with E-state index in [1.165, 1.54) is 0 Å². The molecule has 2 aromatic rings. The van der Waals surface area contributed by atoms with Crippen LogP contribution in [0.2, 0.25) is 0 Å². The minimum Gasteiger partial charge on any atom is -0.492 e. The molecule has 1 aromatic carbocycles. The molecule has 1 fully saturated rings. The number of likely N-dealkylation sites (tertiary alicyclic amines) is 1. The zero-order valence-corrected chi connectivity index (χ0v) is 16.5. The monoisotopic (exact) mass is 428 g/mol. The number of aromatic nitrogens is 1. The molecule has 3 rings (SSSR count). The quantitative estimate of drug-likeness (QED) is 0.761. The molecule has 1 aliphatic rings. The normalized spacial score (nSPS) is 17.1. The first-order valence-corrected chi connectivity index (χ1v) is 9.71. The van der Waals surface area contributed by atoms with E-state index in [2.05, 4.69) is 37.2 Å². The molecule has 7 heteroatoms. The lowest BCUT2D eigenvalue weighted by Gasteiger charge is -2.31. The van der Waals surface area contributed by atoms with Gasteiger partial charge in [0.25, 0.3) is 0 Å². The van der Waals surface area contributed by atoms with Crippen LogP contribution in [0.25, 0.3) is 0 Å². The summed E-state index contributed by atoms with van der Waals surface area (Å²) in [6, 6.07) is 12.9. The molecule has 2 heterocycles. The second kappa shape index (κ2) is 9.49. The number of carbonyl (C=O) groups excluding carboxylic acids is 1. The van der Waals surface area contributed by atoms with E-state index in [0.29, 0.717) is 30.3 Å². The Labute approximate surface area is 167 Å². The highest BCUT2D eigenvalue weighted by molar-refractivity contribution is 9.10. The number of nitrogens with zero attached hydrogens (tertiary/aromatic N) is 3. The van der Waals surface area contributed by atoms with Gasteiger partial charge in [-0.2, -0.15) is 5.26 Å². The number of benzene rings is 1. The summed E-state index contributed by atoms with van der Waals surface area (Å²) in [7, 11) is 0. The van der Waals surface area contributed by atoms with E-state index < -0.39 is 0 Å². The molecule has 1 saturated heterocycles. The zero-order valence-electron chi connectivity index (χ0n) is 14.9. The number of piperidine rings is 1. The SMILES string of the molecule is N#Cc1cccc(OCCN2CCCC(C(=O)Nc3ccc(Br)cn3)C2)c1. The van der Waals surface area contributed by atoms with Gasteiger partial charge in [-0.1, -0.05) is 6.07 Å². The van der Waals surface area contributed by atoms with Crippen molar-refractivity contribution in [3.63, 3.8) is 0 Å². The number of amides is 1. The van der Waals surface area contributed by atoms with Crippen molar-refractivity contribution in [2.24, 2.45) is 5.92 Å². The zero-order chi connectivity index (χ0) is 19.1. The fourth-order valence-corrected chi connectivity index (χ4v) is 3.33. The van der Waals surface area contributed by atoms with Crippen molar-refractivity contribution in [2.75, 3.05) is 31.6 Å². The van der Waals surface area contributed by atoms with E-state index in [1.54, 1.807) is 24.4 Å². The van der Waals surface area contributed by atoms with Crippen LogP contribution in [0.3, 0.4) is 0 Å². The summed E-state index contributed by atoms with van der Waals surface area (Å²) in [5, 5.41) is 11.8. The fraction of sp³-hybridized carbons (Fsp3) is 0.350. The fourth-order valence-electron chi connectivity index (χ4n) is 3.10. The molecule has 1 aromatic heterocycles. The number of nitriles is 1. The second-order valence-electron chi connectivity index (χ2n) is 6.48. The van der Waals surface area contributed by atoms with Gasteiger partial charge in [-0.25, -0.2) is 4.98 Å². The average molecular weight is 429 g/mol. The number of hydrogen-bond donors (Lipinski definition) is 1.